The van der Waals surface area contributed by atoms with Crippen molar-refractivity contribution in [3.8, 4) is 0 Å². The number of ether oxygens (including phenoxy) is 1. The first-order valence-corrected chi connectivity index (χ1v) is 6.20. The Balaban J connectivity index is 2.38. The van der Waals surface area contributed by atoms with Crippen molar-refractivity contribution >= 4 is 34.1 Å². The monoisotopic (exact) mass is 268 g/mol. The number of aryl methyl sites for hydroxylation is 1. The minimum atomic E-state index is -1.08. The molecule has 3 N–H and O–H groups in total. The number of amides is 2. The van der Waals surface area contributed by atoms with E-state index in [9.17, 15) is 14.4 Å². The molecule has 18 heavy (non-hydrogen) atoms. The number of thiophene rings is 1. The van der Waals surface area contributed by atoms with E-state index >= 15 is 0 Å². The fourth-order valence-corrected chi connectivity index (χ4v) is 3.25. The van der Waals surface area contributed by atoms with Crippen molar-refractivity contribution in [3.05, 3.63) is 16.0 Å². The van der Waals surface area contributed by atoms with E-state index in [0.29, 0.717) is 10.6 Å². The van der Waals surface area contributed by atoms with Gasteiger partial charge in [-0.2, -0.15) is 0 Å². The van der Waals surface area contributed by atoms with Gasteiger partial charge >= 0.3 is 17.8 Å². The molecule has 2 amide bonds. The maximum atomic E-state index is 11.7. The summed E-state index contributed by atoms with van der Waals surface area (Å²) >= 11 is 1.30. The van der Waals surface area contributed by atoms with Crippen LogP contribution in [0.5, 0.6) is 0 Å². The first kappa shape index (κ1) is 12.6. The van der Waals surface area contributed by atoms with Gasteiger partial charge in [0.15, 0.2) is 0 Å². The first-order valence-electron chi connectivity index (χ1n) is 5.38. The summed E-state index contributed by atoms with van der Waals surface area (Å²) in [4.78, 5) is 34.8. The molecule has 2 rings (SSSR count). The fourth-order valence-electron chi connectivity index (χ4n) is 1.98. The zero-order valence-electron chi connectivity index (χ0n) is 9.74. The Morgan fingerprint density at radius 1 is 1.33 bits per heavy atom. The summed E-state index contributed by atoms with van der Waals surface area (Å²) in [6.45, 7) is 0. The van der Waals surface area contributed by atoms with E-state index in [1.165, 1.54) is 18.4 Å². The molecule has 0 spiro atoms. The van der Waals surface area contributed by atoms with Crippen molar-refractivity contribution in [2.75, 3.05) is 12.4 Å². The van der Waals surface area contributed by atoms with Gasteiger partial charge in [-0.15, -0.1) is 11.3 Å². The normalized spacial score (nSPS) is 12.9. The van der Waals surface area contributed by atoms with Crippen molar-refractivity contribution < 1.29 is 19.1 Å². The third-order valence-corrected chi connectivity index (χ3v) is 3.97. The van der Waals surface area contributed by atoms with E-state index in [-0.39, 0.29) is 0 Å². The highest BCUT2D eigenvalue weighted by molar-refractivity contribution is 7.17. The molecule has 0 atom stereocenters. The van der Waals surface area contributed by atoms with Gasteiger partial charge in [0.25, 0.3) is 0 Å². The summed E-state index contributed by atoms with van der Waals surface area (Å²) < 4.78 is 4.70. The van der Waals surface area contributed by atoms with E-state index in [2.05, 4.69) is 5.32 Å². The summed E-state index contributed by atoms with van der Waals surface area (Å²) in [5, 5.41) is 2.70. The van der Waals surface area contributed by atoms with Gasteiger partial charge in [0.1, 0.15) is 5.00 Å². The van der Waals surface area contributed by atoms with Gasteiger partial charge in [-0.1, -0.05) is 0 Å². The van der Waals surface area contributed by atoms with Crippen LogP contribution >= 0.6 is 11.3 Å². The Kier molecular flexibility index (Phi) is 3.33. The number of nitrogens with two attached hydrogens (primary N) is 1. The summed E-state index contributed by atoms with van der Waals surface area (Å²) in [6, 6.07) is 0. The zero-order chi connectivity index (χ0) is 13.3. The first-order chi connectivity index (χ1) is 8.54. The lowest BCUT2D eigenvalue weighted by Gasteiger charge is -2.04. The van der Waals surface area contributed by atoms with E-state index < -0.39 is 17.8 Å². The van der Waals surface area contributed by atoms with Crippen molar-refractivity contribution in [1.82, 2.24) is 0 Å². The van der Waals surface area contributed by atoms with Crippen LogP contribution in [0.4, 0.5) is 5.00 Å². The van der Waals surface area contributed by atoms with Crippen LogP contribution in [0.15, 0.2) is 0 Å². The minimum Gasteiger partial charge on any atom is -0.465 e. The predicted octanol–water partition coefficient (Wildman–Crippen LogP) is 0.447. The molecule has 0 saturated heterocycles. The lowest BCUT2D eigenvalue weighted by molar-refractivity contribution is -0.134. The average Bonchev–Trinajstić information content (AvgIpc) is 2.87. The second-order valence-corrected chi connectivity index (χ2v) is 4.98. The second-order valence-electron chi connectivity index (χ2n) is 3.87. The van der Waals surface area contributed by atoms with E-state index in [1.807, 2.05) is 0 Å². The molecule has 0 radical (unpaired) electrons. The molecule has 0 unspecified atom stereocenters. The van der Waals surface area contributed by atoms with Crippen molar-refractivity contribution in [3.63, 3.8) is 0 Å². The van der Waals surface area contributed by atoms with Crippen LogP contribution < -0.4 is 11.1 Å². The Hall–Kier alpha value is -1.89. The van der Waals surface area contributed by atoms with Gasteiger partial charge in [0.2, 0.25) is 0 Å². The number of primary amides is 1. The number of hydrogen-bond donors (Lipinski definition) is 2. The fraction of sp³-hybridized carbons (Fsp3) is 0.364. The Morgan fingerprint density at radius 2 is 2.06 bits per heavy atom. The lowest BCUT2D eigenvalue weighted by Crippen LogP contribution is -2.29. The summed E-state index contributed by atoms with van der Waals surface area (Å²) in [6.07, 6.45) is 2.63. The Morgan fingerprint density at radius 3 is 2.67 bits per heavy atom. The molecule has 7 heteroatoms. The van der Waals surface area contributed by atoms with Gasteiger partial charge in [0.05, 0.1) is 12.7 Å². The standard InChI is InChI=1S/C11H12N2O4S/c1-17-11(16)7-5-3-2-4-6(5)18-10(7)13-9(15)8(12)14/h2-4H2,1H3,(H2,12,14)(H,13,15). The quantitative estimate of drug-likeness (QED) is 0.601. The molecule has 0 fully saturated rings. The van der Waals surface area contributed by atoms with Crippen LogP contribution in [0.1, 0.15) is 27.2 Å². The van der Waals surface area contributed by atoms with Crippen LogP contribution in [-0.2, 0) is 27.2 Å². The molecule has 1 heterocycles. The molecule has 1 aromatic heterocycles. The molecule has 0 aliphatic heterocycles. The van der Waals surface area contributed by atoms with Crippen LogP contribution in [0.2, 0.25) is 0 Å². The van der Waals surface area contributed by atoms with Crippen LogP contribution in [-0.4, -0.2) is 24.9 Å². The molecule has 1 aliphatic rings. The SMILES string of the molecule is COC(=O)c1c(NC(=O)C(N)=O)sc2c1CCC2. The number of nitrogens with one attached hydrogen (secondary N) is 1. The Labute approximate surface area is 107 Å². The van der Waals surface area contributed by atoms with Crippen molar-refractivity contribution in [1.29, 1.82) is 0 Å². The van der Waals surface area contributed by atoms with Gasteiger partial charge in [-0.3, -0.25) is 9.59 Å². The number of anilines is 1. The Bertz CT molecular complexity index is 535. The smallest absolute Gasteiger partial charge is 0.341 e. The number of hydrogen-bond acceptors (Lipinski definition) is 5. The number of esters is 1. The third-order valence-electron chi connectivity index (χ3n) is 2.76. The molecule has 1 aliphatic carbocycles. The highest BCUT2D eigenvalue weighted by atomic mass is 32.1. The molecule has 0 saturated carbocycles. The molecule has 6 nitrogen and oxygen atoms in total. The van der Waals surface area contributed by atoms with Gasteiger partial charge in [-0.05, 0) is 24.8 Å². The molecule has 96 valence electrons. The van der Waals surface area contributed by atoms with Crippen molar-refractivity contribution in [2.24, 2.45) is 5.73 Å². The number of fused-ring (bicyclic) bond motifs is 1. The second kappa shape index (κ2) is 4.77. The zero-order valence-corrected chi connectivity index (χ0v) is 10.6. The maximum absolute atomic E-state index is 11.7. The molecule has 0 aromatic carbocycles. The van der Waals surface area contributed by atoms with Crippen LogP contribution in [0, 0.1) is 0 Å². The largest absolute Gasteiger partial charge is 0.465 e. The van der Waals surface area contributed by atoms with E-state index in [1.54, 1.807) is 0 Å². The molecule has 0 bridgehead atoms. The third kappa shape index (κ3) is 2.08. The highest BCUT2D eigenvalue weighted by Gasteiger charge is 2.28. The lowest BCUT2D eigenvalue weighted by atomic mass is 10.1. The van der Waals surface area contributed by atoms with Crippen LogP contribution in [0.25, 0.3) is 0 Å². The number of rotatable bonds is 2. The van der Waals surface area contributed by atoms with E-state index in [4.69, 9.17) is 10.5 Å². The number of carbonyl (C=O) groups is 3. The molecular formula is C11H12N2O4S. The maximum Gasteiger partial charge on any atom is 0.341 e. The predicted molar refractivity (Wildman–Crippen MR) is 65.5 cm³/mol. The van der Waals surface area contributed by atoms with Gasteiger partial charge in [-0.25, -0.2) is 4.79 Å². The molecular weight excluding hydrogens is 256 g/mol. The topological polar surface area (TPSA) is 98.5 Å². The number of methoxy groups -OCH3 is 1. The highest BCUT2D eigenvalue weighted by Crippen LogP contribution is 2.39. The summed E-state index contributed by atoms with van der Waals surface area (Å²) in [5.74, 6) is -2.52. The average molecular weight is 268 g/mol. The van der Waals surface area contributed by atoms with E-state index in [0.717, 1.165) is 29.7 Å². The van der Waals surface area contributed by atoms with Gasteiger partial charge in [0, 0.05) is 4.88 Å². The summed E-state index contributed by atoms with van der Waals surface area (Å²) in [5.41, 5.74) is 6.13. The molecule has 1 aromatic rings. The summed E-state index contributed by atoms with van der Waals surface area (Å²) in [7, 11) is 1.28. The van der Waals surface area contributed by atoms with Gasteiger partial charge < -0.3 is 15.8 Å². The van der Waals surface area contributed by atoms with Crippen LogP contribution in [0.3, 0.4) is 0 Å². The number of carbonyl (C=O) groups excluding carboxylic acids is 3. The van der Waals surface area contributed by atoms with Crippen molar-refractivity contribution in [2.45, 2.75) is 19.3 Å². The minimum absolute atomic E-state index is 0.343.